The molecule has 1 saturated heterocycles. The quantitative estimate of drug-likeness (QED) is 0.781. The Morgan fingerprint density at radius 1 is 1.05 bits per heavy atom. The highest BCUT2D eigenvalue weighted by Gasteiger charge is 2.34. The van der Waals surface area contributed by atoms with Crippen LogP contribution in [0.25, 0.3) is 0 Å². The maximum atomic E-state index is 12.4. The van der Waals surface area contributed by atoms with E-state index in [1.54, 1.807) is 19.9 Å². The lowest BCUT2D eigenvalue weighted by atomic mass is 10.4. The van der Waals surface area contributed by atoms with Gasteiger partial charge in [0, 0.05) is 38.6 Å². The van der Waals surface area contributed by atoms with Gasteiger partial charge in [-0.25, -0.2) is 16.8 Å². The van der Waals surface area contributed by atoms with E-state index in [4.69, 9.17) is 0 Å². The van der Waals surface area contributed by atoms with Crippen LogP contribution in [0, 0.1) is 0 Å². The Hall–Kier alpha value is -1.03. The van der Waals surface area contributed by atoms with Crippen LogP contribution in [0.4, 0.5) is 0 Å². The van der Waals surface area contributed by atoms with Crippen molar-refractivity contribution in [1.29, 1.82) is 0 Å². The van der Waals surface area contributed by atoms with Gasteiger partial charge in [-0.05, 0) is 26.0 Å². The van der Waals surface area contributed by atoms with Gasteiger partial charge in [0.2, 0.25) is 20.0 Å². The fraction of sp³-hybridized carbons (Fsp3) is 0.583. The second kappa shape index (κ2) is 5.99. The van der Waals surface area contributed by atoms with Crippen LogP contribution in [0.3, 0.4) is 0 Å². The average Bonchev–Trinajstić information content (AvgIpc) is 2.48. The summed E-state index contributed by atoms with van der Waals surface area (Å²) in [5.74, 6) is 0. The van der Waals surface area contributed by atoms with Crippen LogP contribution in [0.15, 0.2) is 29.4 Å². The molecule has 1 aliphatic rings. The molecule has 2 heterocycles. The highest BCUT2D eigenvalue weighted by molar-refractivity contribution is 7.90. The number of aromatic nitrogens is 1. The van der Waals surface area contributed by atoms with Crippen LogP contribution in [0.2, 0.25) is 0 Å². The first-order valence-corrected chi connectivity index (χ1v) is 9.59. The maximum absolute atomic E-state index is 12.4. The minimum Gasteiger partial charge on any atom is -0.263 e. The van der Waals surface area contributed by atoms with Gasteiger partial charge in [-0.1, -0.05) is 0 Å². The molecule has 0 radical (unpaired) electrons. The Morgan fingerprint density at radius 2 is 1.62 bits per heavy atom. The van der Waals surface area contributed by atoms with Gasteiger partial charge in [0.25, 0.3) is 0 Å². The van der Waals surface area contributed by atoms with Crippen molar-refractivity contribution in [3.05, 3.63) is 24.5 Å². The fourth-order valence-electron chi connectivity index (χ4n) is 2.11. The van der Waals surface area contributed by atoms with E-state index in [0.717, 1.165) is 0 Å². The molecule has 1 aliphatic heterocycles. The molecule has 0 aromatic carbocycles. The Balaban J connectivity index is 2.12. The van der Waals surface area contributed by atoms with Crippen LogP contribution in [0.5, 0.6) is 0 Å². The molecular weight excluding hydrogens is 314 g/mol. The van der Waals surface area contributed by atoms with Crippen molar-refractivity contribution >= 4 is 20.0 Å². The van der Waals surface area contributed by atoms with Crippen LogP contribution in [-0.2, 0) is 20.0 Å². The van der Waals surface area contributed by atoms with Gasteiger partial charge < -0.3 is 0 Å². The number of sulfonamides is 2. The lowest BCUT2D eigenvalue weighted by Gasteiger charge is -2.34. The molecule has 1 aromatic heterocycles. The SMILES string of the molecule is CC(C)S(=O)(=O)N1CCN(S(=O)(=O)c2cccnc2)CC1. The number of hydrogen-bond donors (Lipinski definition) is 0. The van der Waals surface area contributed by atoms with E-state index in [1.165, 1.54) is 27.1 Å². The molecule has 0 N–H and O–H groups in total. The monoisotopic (exact) mass is 333 g/mol. The predicted molar refractivity (Wildman–Crippen MR) is 78.6 cm³/mol. The van der Waals surface area contributed by atoms with Gasteiger partial charge in [0.15, 0.2) is 0 Å². The molecule has 2 rings (SSSR count). The minimum atomic E-state index is -3.60. The van der Waals surface area contributed by atoms with E-state index < -0.39 is 25.3 Å². The fourth-order valence-corrected chi connectivity index (χ4v) is 4.77. The summed E-state index contributed by atoms with van der Waals surface area (Å²) in [5, 5.41) is -0.501. The molecule has 0 amide bonds. The molecule has 0 unspecified atom stereocenters. The normalized spacial score (nSPS) is 19.0. The maximum Gasteiger partial charge on any atom is 0.244 e. The summed E-state index contributed by atoms with van der Waals surface area (Å²) in [6, 6.07) is 3.05. The average molecular weight is 333 g/mol. The molecule has 7 nitrogen and oxygen atoms in total. The molecular formula is C12H19N3O4S2. The first kappa shape index (κ1) is 16.3. The summed E-state index contributed by atoms with van der Waals surface area (Å²) in [7, 11) is -6.94. The van der Waals surface area contributed by atoms with Gasteiger partial charge in [-0.15, -0.1) is 0 Å². The number of pyridine rings is 1. The predicted octanol–water partition coefficient (Wildman–Crippen LogP) is 0.126. The third kappa shape index (κ3) is 3.25. The molecule has 118 valence electrons. The molecule has 9 heteroatoms. The molecule has 21 heavy (non-hydrogen) atoms. The summed E-state index contributed by atoms with van der Waals surface area (Å²) < 4.78 is 51.6. The molecule has 0 aliphatic carbocycles. The molecule has 1 fully saturated rings. The first-order valence-electron chi connectivity index (χ1n) is 6.65. The summed E-state index contributed by atoms with van der Waals surface area (Å²) in [4.78, 5) is 3.94. The third-order valence-corrected chi connectivity index (χ3v) is 7.58. The largest absolute Gasteiger partial charge is 0.263 e. The first-order chi connectivity index (χ1) is 9.76. The summed E-state index contributed by atoms with van der Waals surface area (Å²) >= 11 is 0. The Morgan fingerprint density at radius 3 is 2.10 bits per heavy atom. The van der Waals surface area contributed by atoms with Crippen molar-refractivity contribution in [3.8, 4) is 0 Å². The zero-order valence-electron chi connectivity index (χ0n) is 12.0. The van der Waals surface area contributed by atoms with Crippen LogP contribution in [0.1, 0.15) is 13.8 Å². The van der Waals surface area contributed by atoms with Gasteiger partial charge in [-0.2, -0.15) is 8.61 Å². The van der Waals surface area contributed by atoms with E-state index in [0.29, 0.717) is 0 Å². The van der Waals surface area contributed by atoms with Gasteiger partial charge in [0.1, 0.15) is 4.90 Å². The Labute approximate surface area is 125 Å². The van der Waals surface area contributed by atoms with Crippen molar-refractivity contribution < 1.29 is 16.8 Å². The van der Waals surface area contributed by atoms with Crippen molar-refractivity contribution in [2.45, 2.75) is 24.0 Å². The zero-order chi connectivity index (χ0) is 15.7. The highest BCUT2D eigenvalue weighted by Crippen LogP contribution is 2.19. The zero-order valence-corrected chi connectivity index (χ0v) is 13.6. The minimum absolute atomic E-state index is 0.130. The van der Waals surface area contributed by atoms with Gasteiger partial charge >= 0.3 is 0 Å². The summed E-state index contributed by atoms with van der Waals surface area (Å²) in [6.07, 6.45) is 2.80. The lowest BCUT2D eigenvalue weighted by Crippen LogP contribution is -2.51. The number of hydrogen-bond acceptors (Lipinski definition) is 5. The van der Waals surface area contributed by atoms with E-state index >= 15 is 0 Å². The van der Waals surface area contributed by atoms with Crippen LogP contribution < -0.4 is 0 Å². The second-order valence-corrected chi connectivity index (χ2v) is 9.51. The van der Waals surface area contributed by atoms with Gasteiger partial charge in [-0.3, -0.25) is 4.98 Å². The van der Waals surface area contributed by atoms with E-state index in [9.17, 15) is 16.8 Å². The Bertz CT molecular complexity index is 678. The summed E-state index contributed by atoms with van der Waals surface area (Å²) in [6.45, 7) is 3.91. The van der Waals surface area contributed by atoms with Crippen molar-refractivity contribution in [2.24, 2.45) is 0 Å². The number of rotatable bonds is 4. The van der Waals surface area contributed by atoms with E-state index in [-0.39, 0.29) is 31.1 Å². The van der Waals surface area contributed by atoms with E-state index in [1.807, 2.05) is 0 Å². The van der Waals surface area contributed by atoms with Crippen molar-refractivity contribution in [1.82, 2.24) is 13.6 Å². The number of piperazine rings is 1. The summed E-state index contributed by atoms with van der Waals surface area (Å²) in [5.41, 5.74) is 0. The van der Waals surface area contributed by atoms with Gasteiger partial charge in [0.05, 0.1) is 5.25 Å². The molecule has 0 spiro atoms. The topological polar surface area (TPSA) is 87.7 Å². The molecule has 0 atom stereocenters. The smallest absolute Gasteiger partial charge is 0.244 e. The third-order valence-electron chi connectivity index (χ3n) is 3.43. The van der Waals surface area contributed by atoms with Crippen LogP contribution in [-0.4, -0.2) is 61.9 Å². The number of nitrogens with zero attached hydrogens (tertiary/aromatic N) is 3. The molecule has 0 saturated carbocycles. The van der Waals surface area contributed by atoms with Crippen LogP contribution >= 0.6 is 0 Å². The second-order valence-electron chi connectivity index (χ2n) is 5.09. The van der Waals surface area contributed by atoms with Crippen molar-refractivity contribution in [2.75, 3.05) is 26.2 Å². The standard InChI is InChI=1S/C12H19N3O4S2/c1-11(2)20(16,17)14-6-8-15(9-7-14)21(18,19)12-4-3-5-13-10-12/h3-5,10-11H,6-9H2,1-2H3. The lowest BCUT2D eigenvalue weighted by molar-refractivity contribution is 0.271. The van der Waals surface area contributed by atoms with E-state index in [2.05, 4.69) is 4.98 Å². The highest BCUT2D eigenvalue weighted by atomic mass is 32.2. The van der Waals surface area contributed by atoms with Crippen molar-refractivity contribution in [3.63, 3.8) is 0 Å². The Kier molecular flexibility index (Phi) is 4.66. The molecule has 0 bridgehead atoms. The molecule has 1 aromatic rings.